The summed E-state index contributed by atoms with van der Waals surface area (Å²) in [5.74, 6) is 1.56. The summed E-state index contributed by atoms with van der Waals surface area (Å²) < 4.78 is 19.9. The van der Waals surface area contributed by atoms with E-state index in [1.165, 1.54) is 11.6 Å². The van der Waals surface area contributed by atoms with Gasteiger partial charge in [0.25, 0.3) is 0 Å². The Morgan fingerprint density at radius 1 is 1.14 bits per heavy atom. The van der Waals surface area contributed by atoms with Crippen molar-refractivity contribution in [1.82, 2.24) is 9.80 Å². The number of ether oxygens (including phenoxy) is 1. The highest BCUT2D eigenvalue weighted by atomic mass is 19.1. The first kappa shape index (κ1) is 19.9. The van der Waals surface area contributed by atoms with Crippen LogP contribution in [0.5, 0.6) is 5.75 Å². The van der Waals surface area contributed by atoms with Crippen LogP contribution in [0.3, 0.4) is 0 Å². The summed E-state index contributed by atoms with van der Waals surface area (Å²) in [5.41, 5.74) is 2.14. The van der Waals surface area contributed by atoms with Crippen molar-refractivity contribution < 1.29 is 13.9 Å². The molecular weight excluding hydrogens is 367 g/mol. The Kier molecular flexibility index (Phi) is 5.86. The third kappa shape index (κ3) is 4.15. The van der Waals surface area contributed by atoms with Crippen LogP contribution in [0.15, 0.2) is 48.5 Å². The zero-order valence-electron chi connectivity index (χ0n) is 17.2. The van der Waals surface area contributed by atoms with Crippen molar-refractivity contribution >= 4 is 5.91 Å². The maximum absolute atomic E-state index is 13.8. The van der Waals surface area contributed by atoms with Gasteiger partial charge in [0.15, 0.2) is 0 Å². The number of aryl methyl sites for hydroxylation is 1. The molecule has 2 aliphatic heterocycles. The Bertz CT molecular complexity index is 871. The summed E-state index contributed by atoms with van der Waals surface area (Å²) >= 11 is 0. The number of amides is 1. The number of halogens is 1. The molecule has 1 amide bonds. The van der Waals surface area contributed by atoms with Crippen molar-refractivity contribution in [2.45, 2.75) is 26.3 Å². The lowest BCUT2D eigenvalue weighted by Gasteiger charge is -2.29. The molecule has 0 unspecified atom stereocenters. The van der Waals surface area contributed by atoms with Crippen molar-refractivity contribution in [3.63, 3.8) is 0 Å². The fourth-order valence-corrected chi connectivity index (χ4v) is 4.98. The van der Waals surface area contributed by atoms with Gasteiger partial charge in [0.2, 0.25) is 5.91 Å². The molecular formula is C24H29FN2O2. The van der Waals surface area contributed by atoms with E-state index in [1.807, 2.05) is 29.2 Å². The number of likely N-dealkylation sites (tertiary alicyclic amines) is 2. The SMILES string of the molecule is CCc1ccccc1OCCN1C[C@@H]2CN(C(C)=O)[C@H](c3cccc(F)c3)[C@@H]2C1. The van der Waals surface area contributed by atoms with E-state index < -0.39 is 0 Å². The first-order valence-corrected chi connectivity index (χ1v) is 10.5. The molecule has 29 heavy (non-hydrogen) atoms. The monoisotopic (exact) mass is 396 g/mol. The van der Waals surface area contributed by atoms with E-state index in [4.69, 9.17) is 4.74 Å². The first-order valence-electron chi connectivity index (χ1n) is 10.5. The lowest BCUT2D eigenvalue weighted by molar-refractivity contribution is -0.130. The Morgan fingerprint density at radius 2 is 1.97 bits per heavy atom. The minimum atomic E-state index is -0.243. The van der Waals surface area contributed by atoms with E-state index in [1.54, 1.807) is 19.1 Å². The van der Waals surface area contributed by atoms with E-state index in [2.05, 4.69) is 17.9 Å². The lowest BCUT2D eigenvalue weighted by Crippen LogP contribution is -2.35. The number of hydrogen-bond donors (Lipinski definition) is 0. The Morgan fingerprint density at radius 3 is 2.72 bits per heavy atom. The molecule has 0 N–H and O–H groups in total. The molecule has 0 aromatic heterocycles. The van der Waals surface area contributed by atoms with E-state index in [0.29, 0.717) is 18.4 Å². The smallest absolute Gasteiger partial charge is 0.219 e. The van der Waals surface area contributed by atoms with Gasteiger partial charge in [-0.05, 0) is 41.7 Å². The summed E-state index contributed by atoms with van der Waals surface area (Å²) in [5, 5.41) is 0. The zero-order valence-corrected chi connectivity index (χ0v) is 17.2. The number of carbonyl (C=O) groups is 1. The number of hydrogen-bond acceptors (Lipinski definition) is 3. The summed E-state index contributed by atoms with van der Waals surface area (Å²) in [4.78, 5) is 16.6. The van der Waals surface area contributed by atoms with Gasteiger partial charge in [0, 0.05) is 39.0 Å². The van der Waals surface area contributed by atoms with Crippen molar-refractivity contribution in [1.29, 1.82) is 0 Å². The van der Waals surface area contributed by atoms with Gasteiger partial charge in [-0.3, -0.25) is 9.69 Å². The van der Waals surface area contributed by atoms with Crippen LogP contribution in [-0.2, 0) is 11.2 Å². The molecule has 2 aromatic carbocycles. The van der Waals surface area contributed by atoms with Crippen molar-refractivity contribution in [2.75, 3.05) is 32.8 Å². The molecule has 5 heteroatoms. The summed E-state index contributed by atoms with van der Waals surface area (Å²) in [6.07, 6.45) is 0.959. The Balaban J connectivity index is 1.41. The summed E-state index contributed by atoms with van der Waals surface area (Å²) in [6.45, 7) is 7.88. The molecule has 2 aromatic rings. The number of para-hydroxylation sites is 1. The average molecular weight is 397 g/mol. The largest absolute Gasteiger partial charge is 0.492 e. The number of nitrogens with zero attached hydrogens (tertiary/aromatic N) is 2. The summed E-state index contributed by atoms with van der Waals surface area (Å²) in [6, 6.07) is 14.9. The van der Waals surface area contributed by atoms with Crippen LogP contribution >= 0.6 is 0 Å². The predicted octanol–water partition coefficient (Wildman–Crippen LogP) is 3.92. The van der Waals surface area contributed by atoms with Gasteiger partial charge in [0.05, 0.1) is 6.04 Å². The highest BCUT2D eigenvalue weighted by Gasteiger charge is 2.48. The van der Waals surface area contributed by atoms with Gasteiger partial charge in [-0.2, -0.15) is 0 Å². The van der Waals surface area contributed by atoms with E-state index in [0.717, 1.165) is 43.9 Å². The Hall–Kier alpha value is -2.40. The molecule has 0 saturated carbocycles. The second-order valence-electron chi connectivity index (χ2n) is 8.16. The molecule has 0 radical (unpaired) electrons. The molecule has 0 bridgehead atoms. The van der Waals surface area contributed by atoms with Crippen LogP contribution < -0.4 is 4.74 Å². The summed E-state index contributed by atoms with van der Waals surface area (Å²) in [7, 11) is 0. The number of carbonyl (C=O) groups excluding carboxylic acids is 1. The standard InChI is InChI=1S/C24H29FN2O2/c1-3-18-7-4-5-10-23(18)29-12-11-26-14-20-15-27(17(2)28)24(22(20)16-26)19-8-6-9-21(25)13-19/h4-10,13,20,22,24H,3,11-12,14-16H2,1-2H3/t20-,22-,24-/m1/s1. The number of benzene rings is 2. The minimum Gasteiger partial charge on any atom is -0.492 e. The zero-order chi connectivity index (χ0) is 20.4. The maximum atomic E-state index is 13.8. The van der Waals surface area contributed by atoms with Gasteiger partial charge in [0.1, 0.15) is 18.2 Å². The van der Waals surface area contributed by atoms with Gasteiger partial charge < -0.3 is 9.64 Å². The molecule has 4 nitrogen and oxygen atoms in total. The lowest BCUT2D eigenvalue weighted by atomic mass is 9.89. The highest BCUT2D eigenvalue weighted by molar-refractivity contribution is 5.74. The topological polar surface area (TPSA) is 32.8 Å². The van der Waals surface area contributed by atoms with Gasteiger partial charge in [-0.1, -0.05) is 37.3 Å². The third-order valence-electron chi connectivity index (χ3n) is 6.35. The van der Waals surface area contributed by atoms with Crippen LogP contribution in [0.25, 0.3) is 0 Å². The van der Waals surface area contributed by atoms with Gasteiger partial charge in [-0.15, -0.1) is 0 Å². The molecule has 2 aliphatic rings. The number of fused-ring (bicyclic) bond motifs is 1. The van der Waals surface area contributed by atoms with E-state index >= 15 is 0 Å². The van der Waals surface area contributed by atoms with Crippen molar-refractivity contribution in [2.24, 2.45) is 11.8 Å². The molecule has 3 atom stereocenters. The number of rotatable bonds is 6. The van der Waals surface area contributed by atoms with Crippen LogP contribution in [0.4, 0.5) is 4.39 Å². The molecule has 154 valence electrons. The molecule has 2 saturated heterocycles. The van der Waals surface area contributed by atoms with Crippen LogP contribution in [-0.4, -0.2) is 48.5 Å². The third-order valence-corrected chi connectivity index (χ3v) is 6.35. The maximum Gasteiger partial charge on any atom is 0.219 e. The van der Waals surface area contributed by atoms with E-state index in [9.17, 15) is 9.18 Å². The van der Waals surface area contributed by atoms with Crippen molar-refractivity contribution in [3.05, 3.63) is 65.5 Å². The Labute approximate surface area is 172 Å². The van der Waals surface area contributed by atoms with Crippen LogP contribution in [0.2, 0.25) is 0 Å². The molecule has 2 heterocycles. The molecule has 0 spiro atoms. The average Bonchev–Trinajstić information content (AvgIpc) is 3.26. The molecule has 0 aliphatic carbocycles. The highest BCUT2D eigenvalue weighted by Crippen LogP contribution is 2.45. The fraction of sp³-hybridized carbons (Fsp3) is 0.458. The second-order valence-corrected chi connectivity index (χ2v) is 8.16. The predicted molar refractivity (Wildman–Crippen MR) is 111 cm³/mol. The van der Waals surface area contributed by atoms with Crippen LogP contribution in [0, 0.1) is 17.7 Å². The molecule has 2 fully saturated rings. The quantitative estimate of drug-likeness (QED) is 0.742. The molecule has 4 rings (SSSR count). The normalized spacial score (nSPS) is 24.0. The van der Waals surface area contributed by atoms with Crippen LogP contribution in [0.1, 0.15) is 31.0 Å². The van der Waals surface area contributed by atoms with E-state index in [-0.39, 0.29) is 17.8 Å². The van der Waals surface area contributed by atoms with Crippen molar-refractivity contribution in [3.8, 4) is 5.75 Å². The minimum absolute atomic E-state index is 0.0417. The van der Waals surface area contributed by atoms with Gasteiger partial charge >= 0.3 is 0 Å². The van der Waals surface area contributed by atoms with Gasteiger partial charge in [-0.25, -0.2) is 4.39 Å². The first-order chi connectivity index (χ1) is 14.1. The second kappa shape index (κ2) is 8.54. The fourth-order valence-electron chi connectivity index (χ4n) is 4.98.